The van der Waals surface area contributed by atoms with E-state index < -0.39 is 5.97 Å². The van der Waals surface area contributed by atoms with Gasteiger partial charge in [-0.25, -0.2) is 0 Å². The minimum atomic E-state index is -0.708. The molecule has 0 aliphatic carbocycles. The second-order valence-electron chi connectivity index (χ2n) is 4.82. The van der Waals surface area contributed by atoms with Gasteiger partial charge in [-0.3, -0.25) is 4.79 Å². The second-order valence-corrected chi connectivity index (χ2v) is 6.50. The van der Waals surface area contributed by atoms with E-state index in [9.17, 15) is 4.79 Å². The Balaban J connectivity index is 2.34. The Bertz CT molecular complexity index is 227. The highest BCUT2D eigenvalue weighted by molar-refractivity contribution is 8.00. The molecule has 0 spiro atoms. The number of hydrogen-bond acceptors (Lipinski definition) is 3. The normalized spacial score (nSPS) is 26.9. The smallest absolute Gasteiger partial charge is 0.320 e. The Morgan fingerprint density at radius 2 is 2.38 bits per heavy atom. The van der Waals surface area contributed by atoms with Crippen LogP contribution in [0.2, 0.25) is 0 Å². The fourth-order valence-corrected chi connectivity index (χ4v) is 3.29. The van der Waals surface area contributed by atoms with Crippen LogP contribution in [0.15, 0.2) is 0 Å². The Hall–Kier alpha value is -0.220. The molecule has 2 atom stereocenters. The fourth-order valence-electron chi connectivity index (χ4n) is 2.04. The molecule has 0 bridgehead atoms. The Morgan fingerprint density at radius 1 is 1.62 bits per heavy atom. The molecule has 1 aliphatic heterocycles. The molecule has 4 heteroatoms. The van der Waals surface area contributed by atoms with Crippen molar-refractivity contribution >= 4 is 17.7 Å². The zero-order valence-electron chi connectivity index (χ0n) is 10.3. The number of aliphatic carboxylic acids is 1. The van der Waals surface area contributed by atoms with Crippen LogP contribution in [0.5, 0.6) is 0 Å². The highest BCUT2D eigenvalue weighted by Gasteiger charge is 2.30. The average Bonchev–Trinajstić information content (AvgIpc) is 2.65. The number of carbonyl (C=O) groups is 1. The zero-order chi connectivity index (χ0) is 12.0. The molecule has 1 aliphatic rings. The van der Waals surface area contributed by atoms with E-state index in [0.29, 0.717) is 0 Å². The van der Waals surface area contributed by atoms with Crippen molar-refractivity contribution in [3.63, 3.8) is 0 Å². The Morgan fingerprint density at radius 3 is 2.88 bits per heavy atom. The summed E-state index contributed by atoms with van der Waals surface area (Å²) in [6.07, 6.45) is 5.23. The van der Waals surface area contributed by atoms with Crippen LogP contribution < -0.4 is 5.32 Å². The lowest BCUT2D eigenvalue weighted by molar-refractivity contribution is -0.139. The third-order valence-corrected chi connectivity index (χ3v) is 4.71. The van der Waals surface area contributed by atoms with Crippen molar-refractivity contribution in [3.8, 4) is 0 Å². The fraction of sp³-hybridized carbons (Fsp3) is 0.917. The molecule has 1 rings (SSSR count). The molecule has 1 saturated heterocycles. The lowest BCUT2D eigenvalue weighted by Crippen LogP contribution is -2.43. The molecule has 16 heavy (non-hydrogen) atoms. The predicted octanol–water partition coefficient (Wildman–Crippen LogP) is 2.51. The third kappa shape index (κ3) is 4.34. The van der Waals surface area contributed by atoms with Crippen molar-refractivity contribution < 1.29 is 9.90 Å². The summed E-state index contributed by atoms with van der Waals surface area (Å²) >= 11 is 1.97. The number of carboxylic acid groups (broad SMARTS) is 1. The Kier molecular flexibility index (Phi) is 5.62. The van der Waals surface area contributed by atoms with Crippen molar-refractivity contribution in [1.82, 2.24) is 5.32 Å². The molecule has 0 saturated carbocycles. The predicted molar refractivity (Wildman–Crippen MR) is 69.0 cm³/mol. The largest absolute Gasteiger partial charge is 0.480 e. The molecule has 2 N–H and O–H groups in total. The van der Waals surface area contributed by atoms with Gasteiger partial charge in [0.05, 0.1) is 0 Å². The van der Waals surface area contributed by atoms with E-state index in [1.807, 2.05) is 11.8 Å². The summed E-state index contributed by atoms with van der Waals surface area (Å²) in [6.45, 7) is 5.14. The first-order chi connectivity index (χ1) is 7.57. The molecule has 3 nitrogen and oxygen atoms in total. The summed E-state index contributed by atoms with van der Waals surface area (Å²) in [5.74, 6) is 0.505. The molecule has 0 aromatic rings. The number of unbranched alkanes of at least 4 members (excludes halogenated alkanes) is 1. The summed E-state index contributed by atoms with van der Waals surface area (Å²) in [6, 6.07) is -0.363. The first-order valence-electron chi connectivity index (χ1n) is 6.17. The van der Waals surface area contributed by atoms with Gasteiger partial charge in [-0.2, -0.15) is 11.8 Å². The molecule has 2 unspecified atom stereocenters. The van der Waals surface area contributed by atoms with E-state index in [0.717, 1.165) is 25.8 Å². The summed E-state index contributed by atoms with van der Waals surface area (Å²) in [5.41, 5.74) is 0. The van der Waals surface area contributed by atoms with Gasteiger partial charge in [-0.1, -0.05) is 19.8 Å². The van der Waals surface area contributed by atoms with Crippen LogP contribution in [0, 0.1) is 0 Å². The second kappa shape index (κ2) is 6.50. The lowest BCUT2D eigenvalue weighted by Gasteiger charge is -2.25. The molecule has 0 aromatic heterocycles. The van der Waals surface area contributed by atoms with Gasteiger partial charge in [0, 0.05) is 11.3 Å². The van der Waals surface area contributed by atoms with Crippen LogP contribution in [0.1, 0.15) is 46.0 Å². The molecular weight excluding hydrogens is 222 g/mol. The van der Waals surface area contributed by atoms with Gasteiger partial charge >= 0.3 is 5.97 Å². The average molecular weight is 245 g/mol. The van der Waals surface area contributed by atoms with Crippen LogP contribution in [-0.2, 0) is 4.79 Å². The third-order valence-electron chi connectivity index (χ3n) is 3.17. The van der Waals surface area contributed by atoms with Gasteiger partial charge in [-0.15, -0.1) is 0 Å². The maximum Gasteiger partial charge on any atom is 0.320 e. The van der Waals surface area contributed by atoms with E-state index >= 15 is 0 Å². The van der Waals surface area contributed by atoms with Crippen LogP contribution in [0.25, 0.3) is 0 Å². The van der Waals surface area contributed by atoms with Crippen molar-refractivity contribution in [3.05, 3.63) is 0 Å². The molecular formula is C12H23NO2S. The zero-order valence-corrected chi connectivity index (χ0v) is 11.1. The van der Waals surface area contributed by atoms with Gasteiger partial charge in [-0.05, 0) is 31.9 Å². The van der Waals surface area contributed by atoms with Crippen LogP contribution in [-0.4, -0.2) is 34.2 Å². The molecule has 1 fully saturated rings. The van der Waals surface area contributed by atoms with Crippen molar-refractivity contribution in [2.75, 3.05) is 12.3 Å². The molecule has 94 valence electrons. The van der Waals surface area contributed by atoms with Crippen LogP contribution >= 0.6 is 11.8 Å². The van der Waals surface area contributed by atoms with Gasteiger partial charge in [0.1, 0.15) is 6.04 Å². The van der Waals surface area contributed by atoms with Crippen LogP contribution in [0.4, 0.5) is 0 Å². The standard InChI is InChI=1S/C12H23NO2S/c1-3-4-6-10(11(14)15)13-9-12(2)7-5-8-16-12/h10,13H,3-9H2,1-2H3,(H,14,15). The van der Waals surface area contributed by atoms with Gasteiger partial charge < -0.3 is 10.4 Å². The highest BCUT2D eigenvalue weighted by atomic mass is 32.2. The van der Waals surface area contributed by atoms with Gasteiger partial charge in [0.25, 0.3) is 0 Å². The minimum absolute atomic E-state index is 0.250. The SMILES string of the molecule is CCCCC(NCC1(C)CCCS1)C(=O)O. The maximum atomic E-state index is 11.0. The molecule has 0 amide bonds. The van der Waals surface area contributed by atoms with Gasteiger partial charge in [0.15, 0.2) is 0 Å². The van der Waals surface area contributed by atoms with E-state index in [4.69, 9.17) is 5.11 Å². The number of thioether (sulfide) groups is 1. The van der Waals surface area contributed by atoms with Crippen LogP contribution in [0.3, 0.4) is 0 Å². The minimum Gasteiger partial charge on any atom is -0.480 e. The van der Waals surface area contributed by atoms with E-state index in [-0.39, 0.29) is 10.8 Å². The first-order valence-corrected chi connectivity index (χ1v) is 7.16. The monoisotopic (exact) mass is 245 g/mol. The topological polar surface area (TPSA) is 49.3 Å². The quantitative estimate of drug-likeness (QED) is 0.723. The van der Waals surface area contributed by atoms with Crippen molar-refractivity contribution in [2.24, 2.45) is 0 Å². The number of carboxylic acids is 1. The van der Waals surface area contributed by atoms with E-state index in [1.54, 1.807) is 0 Å². The van der Waals surface area contributed by atoms with E-state index in [2.05, 4.69) is 19.2 Å². The molecule has 0 aromatic carbocycles. The summed E-state index contributed by atoms with van der Waals surface area (Å²) in [4.78, 5) is 11.0. The maximum absolute atomic E-state index is 11.0. The Labute approximate surface area is 102 Å². The molecule has 0 radical (unpaired) electrons. The summed E-state index contributed by atoms with van der Waals surface area (Å²) in [5, 5.41) is 12.3. The number of hydrogen-bond donors (Lipinski definition) is 2. The first kappa shape index (κ1) is 13.8. The van der Waals surface area contributed by atoms with Crippen molar-refractivity contribution in [2.45, 2.75) is 56.7 Å². The lowest BCUT2D eigenvalue weighted by atomic mass is 10.0. The highest BCUT2D eigenvalue weighted by Crippen LogP contribution is 2.37. The van der Waals surface area contributed by atoms with E-state index in [1.165, 1.54) is 18.6 Å². The number of nitrogens with one attached hydrogen (secondary N) is 1. The van der Waals surface area contributed by atoms with Gasteiger partial charge in [0.2, 0.25) is 0 Å². The molecule has 1 heterocycles. The summed E-state index contributed by atoms with van der Waals surface area (Å²) in [7, 11) is 0. The van der Waals surface area contributed by atoms with Crippen molar-refractivity contribution in [1.29, 1.82) is 0 Å². The number of rotatable bonds is 7. The summed E-state index contributed by atoms with van der Waals surface area (Å²) < 4.78 is 0.250.